The molecule has 0 aromatic rings. The van der Waals surface area contributed by atoms with Crippen molar-refractivity contribution in [1.82, 2.24) is 0 Å². The summed E-state index contributed by atoms with van der Waals surface area (Å²) in [4.78, 5) is 20.7. The van der Waals surface area contributed by atoms with Crippen molar-refractivity contribution in [3.63, 3.8) is 0 Å². The van der Waals surface area contributed by atoms with E-state index in [0.717, 1.165) is 18.4 Å². The quantitative estimate of drug-likeness (QED) is 0.792. The van der Waals surface area contributed by atoms with E-state index in [0.29, 0.717) is 24.0 Å². The molecule has 0 saturated heterocycles. The molecule has 0 radical (unpaired) electrons. The maximum Gasteiger partial charge on any atom is 0.333 e. The fourth-order valence-corrected chi connectivity index (χ4v) is 3.84. The lowest BCUT2D eigenvalue weighted by Crippen LogP contribution is -2.27. The minimum absolute atomic E-state index is 0.230. The van der Waals surface area contributed by atoms with E-state index >= 15 is 0 Å². The Morgan fingerprint density at radius 3 is 3.10 bits per heavy atom. The lowest BCUT2D eigenvalue weighted by atomic mass is 9.73. The van der Waals surface area contributed by atoms with Gasteiger partial charge in [-0.25, -0.2) is 4.79 Å². The standard InChI is InChI=1S/C16H16N2O2/c1-8-10-4-13-12(16(19)20)6-11(8)15-9(2-3-17-13)7-18-14(15)5-10/h2-3,6,8,10,13H,4-5,7H2,1H3,(H,19,20)/b9-2-,17-3?/t8?,10-,13-/m1/s1. The monoisotopic (exact) mass is 268 g/mol. The fraction of sp³-hybridized carbons (Fsp3) is 0.438. The summed E-state index contributed by atoms with van der Waals surface area (Å²) < 4.78 is 0. The average molecular weight is 268 g/mol. The van der Waals surface area contributed by atoms with Crippen LogP contribution in [0.3, 0.4) is 0 Å². The Hall–Kier alpha value is -1.97. The van der Waals surface area contributed by atoms with E-state index in [2.05, 4.69) is 16.9 Å². The summed E-state index contributed by atoms with van der Waals surface area (Å²) in [5.41, 5.74) is 5.15. The van der Waals surface area contributed by atoms with Gasteiger partial charge in [-0.1, -0.05) is 6.92 Å². The maximum absolute atomic E-state index is 11.6. The number of aliphatic carboxylic acids is 1. The first-order valence-corrected chi connectivity index (χ1v) is 7.10. The first-order chi connectivity index (χ1) is 9.65. The average Bonchev–Trinajstić information content (AvgIpc) is 2.78. The summed E-state index contributed by atoms with van der Waals surface area (Å²) in [5.74, 6) is -0.0155. The molecule has 2 heterocycles. The van der Waals surface area contributed by atoms with Crippen molar-refractivity contribution in [2.24, 2.45) is 21.8 Å². The zero-order chi connectivity index (χ0) is 13.9. The van der Waals surface area contributed by atoms with E-state index in [-0.39, 0.29) is 6.04 Å². The number of carboxylic acids is 1. The Kier molecular flexibility index (Phi) is 2.37. The van der Waals surface area contributed by atoms with Gasteiger partial charge in [-0.2, -0.15) is 0 Å². The largest absolute Gasteiger partial charge is 0.478 e. The van der Waals surface area contributed by atoms with Gasteiger partial charge in [-0.3, -0.25) is 9.98 Å². The van der Waals surface area contributed by atoms with Crippen LogP contribution in [-0.4, -0.2) is 35.6 Å². The van der Waals surface area contributed by atoms with Gasteiger partial charge in [0, 0.05) is 17.5 Å². The third-order valence-corrected chi connectivity index (χ3v) is 4.98. The summed E-state index contributed by atoms with van der Waals surface area (Å²) in [6.45, 7) is 2.92. The molecule has 4 aliphatic rings. The van der Waals surface area contributed by atoms with Gasteiger partial charge in [0.1, 0.15) is 0 Å². The minimum atomic E-state index is -0.847. The van der Waals surface area contributed by atoms with Crippen LogP contribution in [0.4, 0.5) is 0 Å². The van der Waals surface area contributed by atoms with Crippen LogP contribution in [0.2, 0.25) is 0 Å². The van der Waals surface area contributed by atoms with Crippen LogP contribution in [-0.2, 0) is 4.79 Å². The molecule has 102 valence electrons. The number of hydrogen-bond donors (Lipinski definition) is 1. The first-order valence-electron chi connectivity index (χ1n) is 7.10. The van der Waals surface area contributed by atoms with Crippen molar-refractivity contribution in [1.29, 1.82) is 0 Å². The number of aliphatic imine (C=N–C) groups is 2. The first kappa shape index (κ1) is 11.8. The van der Waals surface area contributed by atoms with Crippen molar-refractivity contribution in [2.45, 2.75) is 25.8 Å². The third-order valence-electron chi connectivity index (χ3n) is 4.98. The molecule has 0 spiro atoms. The van der Waals surface area contributed by atoms with Crippen LogP contribution in [0, 0.1) is 11.8 Å². The Labute approximate surface area is 117 Å². The third kappa shape index (κ3) is 1.51. The van der Waals surface area contributed by atoms with Crippen LogP contribution in [0.15, 0.2) is 44.4 Å². The normalized spacial score (nSPS) is 36.6. The van der Waals surface area contributed by atoms with Gasteiger partial charge in [-0.05, 0) is 48.0 Å². The molecule has 0 aromatic heterocycles. The highest BCUT2D eigenvalue weighted by Gasteiger charge is 2.40. The molecule has 2 aliphatic heterocycles. The van der Waals surface area contributed by atoms with E-state index in [1.165, 1.54) is 16.9 Å². The summed E-state index contributed by atoms with van der Waals surface area (Å²) in [7, 11) is 0. The molecule has 3 bridgehead atoms. The number of hydrogen-bond acceptors (Lipinski definition) is 3. The summed E-state index contributed by atoms with van der Waals surface area (Å²) in [5, 5.41) is 9.51. The molecule has 0 fully saturated rings. The summed E-state index contributed by atoms with van der Waals surface area (Å²) in [6.07, 6.45) is 7.43. The molecule has 0 saturated carbocycles. The minimum Gasteiger partial charge on any atom is -0.478 e. The maximum atomic E-state index is 11.6. The van der Waals surface area contributed by atoms with E-state index in [1.807, 2.05) is 12.2 Å². The predicted molar refractivity (Wildman–Crippen MR) is 77.3 cm³/mol. The second kappa shape index (κ2) is 4.01. The highest BCUT2D eigenvalue weighted by Crippen LogP contribution is 2.45. The van der Waals surface area contributed by atoms with E-state index < -0.39 is 5.97 Å². The van der Waals surface area contributed by atoms with Crippen molar-refractivity contribution >= 4 is 17.9 Å². The van der Waals surface area contributed by atoms with Crippen molar-refractivity contribution < 1.29 is 9.90 Å². The fourth-order valence-electron chi connectivity index (χ4n) is 3.84. The van der Waals surface area contributed by atoms with E-state index in [1.54, 1.807) is 6.21 Å². The Balaban J connectivity index is 2.04. The second-order valence-corrected chi connectivity index (χ2v) is 5.99. The van der Waals surface area contributed by atoms with Gasteiger partial charge in [0.2, 0.25) is 0 Å². The van der Waals surface area contributed by atoms with Crippen molar-refractivity contribution in [3.05, 3.63) is 34.4 Å². The summed E-state index contributed by atoms with van der Waals surface area (Å²) >= 11 is 0. The zero-order valence-corrected chi connectivity index (χ0v) is 11.3. The number of fused-ring (bicyclic) bond motifs is 2. The molecule has 1 unspecified atom stereocenters. The number of carbonyl (C=O) groups is 1. The lowest BCUT2D eigenvalue weighted by molar-refractivity contribution is -0.132. The molecule has 1 N–H and O–H groups in total. The van der Waals surface area contributed by atoms with Gasteiger partial charge in [0.15, 0.2) is 0 Å². The van der Waals surface area contributed by atoms with Crippen LogP contribution in [0.25, 0.3) is 0 Å². The smallest absolute Gasteiger partial charge is 0.333 e. The van der Waals surface area contributed by atoms with Crippen LogP contribution in [0.1, 0.15) is 19.8 Å². The Morgan fingerprint density at radius 1 is 1.45 bits per heavy atom. The van der Waals surface area contributed by atoms with Crippen LogP contribution >= 0.6 is 0 Å². The molecule has 4 nitrogen and oxygen atoms in total. The molecule has 20 heavy (non-hydrogen) atoms. The van der Waals surface area contributed by atoms with Gasteiger partial charge in [-0.15, -0.1) is 0 Å². The predicted octanol–water partition coefficient (Wildman–Crippen LogP) is 2.19. The zero-order valence-electron chi connectivity index (χ0n) is 11.3. The van der Waals surface area contributed by atoms with Crippen molar-refractivity contribution in [2.75, 3.05) is 6.54 Å². The summed E-state index contributed by atoms with van der Waals surface area (Å²) in [6, 6.07) is -0.230. The molecular weight excluding hydrogens is 252 g/mol. The van der Waals surface area contributed by atoms with Gasteiger partial charge >= 0.3 is 5.97 Å². The van der Waals surface area contributed by atoms with Gasteiger partial charge < -0.3 is 5.11 Å². The number of carboxylic acid groups (broad SMARTS) is 1. The Bertz CT molecular complexity index is 664. The van der Waals surface area contributed by atoms with Crippen LogP contribution in [0.5, 0.6) is 0 Å². The highest BCUT2D eigenvalue weighted by atomic mass is 16.4. The van der Waals surface area contributed by atoms with Gasteiger partial charge in [0.05, 0.1) is 18.2 Å². The number of rotatable bonds is 1. The number of nitrogens with zero attached hydrogens (tertiary/aromatic N) is 2. The van der Waals surface area contributed by atoms with E-state index in [9.17, 15) is 9.90 Å². The van der Waals surface area contributed by atoms with Gasteiger partial charge in [0.25, 0.3) is 0 Å². The second-order valence-electron chi connectivity index (χ2n) is 5.99. The molecule has 0 aromatic carbocycles. The number of allylic oxidation sites excluding steroid dienone is 3. The Morgan fingerprint density at radius 2 is 2.30 bits per heavy atom. The van der Waals surface area contributed by atoms with Crippen LogP contribution < -0.4 is 0 Å². The van der Waals surface area contributed by atoms with E-state index in [4.69, 9.17) is 0 Å². The SMILES string of the molecule is CC1C2=C3C4=NC/C3=C/C=N[C@H](C[C@@H]1C4)C(C(=O)O)=C2. The molecule has 2 aliphatic carbocycles. The molecule has 4 rings (SSSR count). The molecular formula is C16H16N2O2. The topological polar surface area (TPSA) is 62.0 Å². The lowest BCUT2D eigenvalue weighted by Gasteiger charge is -2.31. The van der Waals surface area contributed by atoms with Crippen molar-refractivity contribution in [3.8, 4) is 0 Å². The highest BCUT2D eigenvalue weighted by molar-refractivity contribution is 6.10. The molecule has 4 heteroatoms. The molecule has 0 amide bonds. The molecule has 3 atom stereocenters.